The van der Waals surface area contributed by atoms with Gasteiger partial charge in [0.05, 0.1) is 0 Å². The van der Waals surface area contributed by atoms with Gasteiger partial charge in [-0.2, -0.15) is 0 Å². The molecule has 0 aromatic carbocycles. The number of hydrogen-bond acceptors (Lipinski definition) is 2. The first-order valence-electron chi connectivity index (χ1n) is 3.72. The van der Waals surface area contributed by atoms with Crippen LogP contribution >= 0.6 is 11.6 Å². The van der Waals surface area contributed by atoms with Gasteiger partial charge in [0.1, 0.15) is 0 Å². The Morgan fingerprint density at radius 1 is 1.50 bits per heavy atom. The highest BCUT2D eigenvalue weighted by Crippen LogP contribution is 1.87. The molecular weight excluding hydrogens is 180 g/mol. The van der Waals surface area contributed by atoms with Crippen molar-refractivity contribution in [3.63, 3.8) is 0 Å². The highest BCUT2D eigenvalue weighted by molar-refractivity contribution is 6.19. The minimum Gasteiger partial charge on any atom is -0.328 e. The van der Waals surface area contributed by atoms with E-state index in [4.69, 9.17) is 11.6 Å². The lowest BCUT2D eigenvalue weighted by molar-refractivity contribution is -0.119. The maximum absolute atomic E-state index is 11.0. The van der Waals surface area contributed by atoms with Crippen LogP contribution < -0.4 is 5.32 Å². The lowest BCUT2D eigenvalue weighted by Gasteiger charge is -2.13. The Bertz CT molecular complexity index is 173. The molecule has 0 saturated heterocycles. The maximum atomic E-state index is 11.0. The van der Waals surface area contributed by atoms with Crippen molar-refractivity contribution in [2.45, 2.75) is 13.3 Å². The van der Waals surface area contributed by atoms with E-state index in [1.54, 1.807) is 7.05 Å². The van der Waals surface area contributed by atoms with Gasteiger partial charge in [-0.1, -0.05) is 0 Å². The van der Waals surface area contributed by atoms with Gasteiger partial charge in [-0.25, -0.2) is 4.79 Å². The molecule has 0 rings (SSSR count). The molecule has 4 nitrogen and oxygen atoms in total. The molecule has 0 fully saturated rings. The molecule has 0 unspecified atom stereocenters. The van der Waals surface area contributed by atoms with Crippen molar-refractivity contribution < 1.29 is 9.59 Å². The maximum Gasteiger partial charge on any atom is 0.323 e. The van der Waals surface area contributed by atoms with Crippen LogP contribution in [-0.4, -0.2) is 36.3 Å². The van der Waals surface area contributed by atoms with E-state index in [0.29, 0.717) is 6.54 Å². The van der Waals surface area contributed by atoms with Crippen LogP contribution in [0.1, 0.15) is 13.3 Å². The number of nitrogens with zero attached hydrogens (tertiary/aromatic N) is 1. The van der Waals surface area contributed by atoms with Crippen LogP contribution in [0.4, 0.5) is 4.79 Å². The highest BCUT2D eigenvalue weighted by atomic mass is 35.5. The number of urea groups is 1. The molecule has 12 heavy (non-hydrogen) atoms. The van der Waals surface area contributed by atoms with Crippen molar-refractivity contribution in [2.75, 3.05) is 19.5 Å². The van der Waals surface area contributed by atoms with Gasteiger partial charge in [0.15, 0.2) is 0 Å². The van der Waals surface area contributed by atoms with Crippen molar-refractivity contribution in [1.82, 2.24) is 10.2 Å². The third-order valence-electron chi connectivity index (χ3n) is 1.39. The van der Waals surface area contributed by atoms with Crippen LogP contribution in [0.15, 0.2) is 0 Å². The summed E-state index contributed by atoms with van der Waals surface area (Å²) in [5.74, 6) is -0.107. The van der Waals surface area contributed by atoms with E-state index < -0.39 is 0 Å². The average Bonchev–Trinajstić information content (AvgIpc) is 2.03. The second-order valence-electron chi connectivity index (χ2n) is 2.31. The van der Waals surface area contributed by atoms with Crippen LogP contribution in [0.25, 0.3) is 0 Å². The summed E-state index contributed by atoms with van der Waals surface area (Å²) in [5, 5.41) is 2.20. The zero-order chi connectivity index (χ0) is 9.56. The minimum atomic E-state index is -0.382. The largest absolute Gasteiger partial charge is 0.328 e. The Labute approximate surface area is 76.9 Å². The quantitative estimate of drug-likeness (QED) is 0.673. The van der Waals surface area contributed by atoms with E-state index in [1.165, 1.54) is 4.90 Å². The molecule has 0 bridgehead atoms. The predicted molar refractivity (Wildman–Crippen MR) is 47.2 cm³/mol. The van der Waals surface area contributed by atoms with Crippen molar-refractivity contribution in [3.05, 3.63) is 0 Å². The van der Waals surface area contributed by atoms with Gasteiger partial charge in [0, 0.05) is 25.9 Å². The summed E-state index contributed by atoms with van der Waals surface area (Å²) in [6, 6.07) is -0.382. The Kier molecular flexibility index (Phi) is 5.45. The van der Waals surface area contributed by atoms with Gasteiger partial charge in [0.2, 0.25) is 5.91 Å². The first-order valence-corrected chi connectivity index (χ1v) is 4.26. The van der Waals surface area contributed by atoms with Crippen LogP contribution in [0, 0.1) is 0 Å². The van der Waals surface area contributed by atoms with E-state index in [2.05, 4.69) is 5.32 Å². The fraction of sp³-hybridized carbons (Fsp3) is 0.714. The van der Waals surface area contributed by atoms with Gasteiger partial charge >= 0.3 is 6.03 Å². The van der Waals surface area contributed by atoms with E-state index >= 15 is 0 Å². The fourth-order valence-electron chi connectivity index (χ4n) is 0.507. The van der Waals surface area contributed by atoms with E-state index in [9.17, 15) is 9.59 Å². The van der Waals surface area contributed by atoms with Gasteiger partial charge in [-0.3, -0.25) is 10.1 Å². The fourth-order valence-corrected chi connectivity index (χ4v) is 0.678. The van der Waals surface area contributed by atoms with E-state index in [1.807, 2.05) is 6.92 Å². The molecule has 0 aromatic heterocycles. The summed E-state index contributed by atoms with van der Waals surface area (Å²) in [6.45, 7) is 2.39. The monoisotopic (exact) mass is 192 g/mol. The topological polar surface area (TPSA) is 49.4 Å². The first-order chi connectivity index (χ1) is 5.61. The van der Waals surface area contributed by atoms with Crippen LogP contribution in [0.2, 0.25) is 0 Å². The number of imide groups is 1. The lowest BCUT2D eigenvalue weighted by atomic mass is 10.4. The number of alkyl halides is 1. The predicted octanol–water partition coefficient (Wildman–Crippen LogP) is 0.803. The Morgan fingerprint density at radius 3 is 2.50 bits per heavy atom. The number of hydrogen-bond donors (Lipinski definition) is 1. The number of amides is 3. The molecule has 0 aromatic rings. The Hall–Kier alpha value is -0.770. The second-order valence-corrected chi connectivity index (χ2v) is 2.68. The number of carbonyl (C=O) groups is 2. The molecule has 0 spiro atoms. The molecular formula is C7H13ClN2O2. The van der Waals surface area contributed by atoms with Crippen molar-refractivity contribution in [1.29, 1.82) is 0 Å². The molecule has 0 heterocycles. The van der Waals surface area contributed by atoms with Gasteiger partial charge in [0.25, 0.3) is 0 Å². The van der Waals surface area contributed by atoms with E-state index in [-0.39, 0.29) is 24.2 Å². The SMILES string of the molecule is CCN(C)C(=O)NC(=O)CCCl. The summed E-state index contributed by atoms with van der Waals surface area (Å²) in [5.41, 5.74) is 0. The number of rotatable bonds is 3. The molecule has 0 aliphatic carbocycles. The summed E-state index contributed by atoms with van der Waals surface area (Å²) in [7, 11) is 1.61. The zero-order valence-electron chi connectivity index (χ0n) is 7.26. The average molecular weight is 193 g/mol. The lowest BCUT2D eigenvalue weighted by Crippen LogP contribution is -2.40. The molecule has 3 amide bonds. The number of nitrogens with one attached hydrogen (secondary N) is 1. The second kappa shape index (κ2) is 5.83. The highest BCUT2D eigenvalue weighted by Gasteiger charge is 2.09. The summed E-state index contributed by atoms with van der Waals surface area (Å²) in [4.78, 5) is 23.2. The van der Waals surface area contributed by atoms with Crippen molar-refractivity contribution >= 4 is 23.5 Å². The summed E-state index contributed by atoms with van der Waals surface area (Å²) in [6.07, 6.45) is 0.171. The zero-order valence-corrected chi connectivity index (χ0v) is 8.02. The molecule has 0 atom stereocenters. The van der Waals surface area contributed by atoms with Crippen molar-refractivity contribution in [2.24, 2.45) is 0 Å². The van der Waals surface area contributed by atoms with Gasteiger partial charge in [-0.15, -0.1) is 11.6 Å². The molecule has 0 aliphatic rings. The number of halogens is 1. The smallest absolute Gasteiger partial charge is 0.323 e. The molecule has 0 aliphatic heterocycles. The number of carbonyl (C=O) groups excluding carboxylic acids is 2. The molecule has 5 heteroatoms. The van der Waals surface area contributed by atoms with Gasteiger partial charge < -0.3 is 4.90 Å². The third kappa shape index (κ3) is 4.18. The molecule has 0 saturated carbocycles. The summed E-state index contributed by atoms with van der Waals surface area (Å²) < 4.78 is 0. The summed E-state index contributed by atoms with van der Waals surface area (Å²) >= 11 is 5.31. The van der Waals surface area contributed by atoms with Crippen LogP contribution in [0.5, 0.6) is 0 Å². The first kappa shape index (κ1) is 11.2. The normalized spacial score (nSPS) is 9.25. The molecule has 70 valence electrons. The Morgan fingerprint density at radius 2 is 2.08 bits per heavy atom. The van der Waals surface area contributed by atoms with Gasteiger partial charge in [-0.05, 0) is 6.92 Å². The third-order valence-corrected chi connectivity index (χ3v) is 1.58. The minimum absolute atomic E-state index is 0.171. The van der Waals surface area contributed by atoms with Crippen LogP contribution in [0.3, 0.4) is 0 Å². The molecule has 1 N–H and O–H groups in total. The standard InChI is InChI=1S/C7H13ClN2O2/c1-3-10(2)7(12)9-6(11)4-5-8/h3-5H2,1-2H3,(H,9,11,12). The Balaban J connectivity index is 3.76. The molecule has 0 radical (unpaired) electrons. The van der Waals surface area contributed by atoms with Crippen molar-refractivity contribution in [3.8, 4) is 0 Å². The van der Waals surface area contributed by atoms with Crippen LogP contribution in [-0.2, 0) is 4.79 Å². The van der Waals surface area contributed by atoms with E-state index in [0.717, 1.165) is 0 Å².